The third-order valence-electron chi connectivity index (χ3n) is 5.29. The minimum atomic E-state index is -4.29. The van der Waals surface area contributed by atoms with Gasteiger partial charge in [0, 0.05) is 36.0 Å². The second-order valence-electron chi connectivity index (χ2n) is 7.26. The summed E-state index contributed by atoms with van der Waals surface area (Å²) in [6.07, 6.45) is -0.0673. The summed E-state index contributed by atoms with van der Waals surface area (Å²) in [5.41, 5.74) is -0.770. The van der Waals surface area contributed by atoms with Gasteiger partial charge in [-0.2, -0.15) is 8.42 Å². The second kappa shape index (κ2) is 6.74. The maximum Gasteiger partial charge on any atom is 0.308 e. The van der Waals surface area contributed by atoms with Crippen molar-refractivity contribution in [2.24, 2.45) is 17.8 Å². The molecule has 0 aromatic rings. The first-order valence-electron chi connectivity index (χ1n) is 7.68. The molecule has 0 saturated heterocycles. The van der Waals surface area contributed by atoms with Gasteiger partial charge in [0.15, 0.2) is 0 Å². The first-order chi connectivity index (χ1) is 10.1. The number of rotatable bonds is 6. The van der Waals surface area contributed by atoms with Gasteiger partial charge >= 0.3 is 12.3 Å². The third-order valence-corrected chi connectivity index (χ3v) is 6.60. The fourth-order valence-corrected chi connectivity index (χ4v) is 6.16. The summed E-state index contributed by atoms with van der Waals surface area (Å²) in [4.78, 5) is 0. The average molecular weight is 367 g/mol. The van der Waals surface area contributed by atoms with Crippen LogP contribution in [0.5, 0.6) is 0 Å². The molecule has 0 unspecified atom stereocenters. The molecule has 4 saturated carbocycles. The molecule has 4 bridgehead atoms. The van der Waals surface area contributed by atoms with Crippen molar-refractivity contribution in [1.29, 1.82) is 0 Å². The number of alkyl halides is 4. The van der Waals surface area contributed by atoms with Crippen molar-refractivity contribution in [1.82, 2.24) is 0 Å². The molecule has 0 N–H and O–H groups in total. The molecule has 23 heavy (non-hydrogen) atoms. The maximum absolute atomic E-state index is 12.9. The molecular weight excluding hydrogens is 347 g/mol. The first-order valence-corrected chi connectivity index (χ1v) is 9.26. The van der Waals surface area contributed by atoms with E-state index in [1.165, 1.54) is 0 Å². The molecule has 4 fully saturated rings. The summed E-state index contributed by atoms with van der Waals surface area (Å²) in [5, 5.41) is 0. The van der Waals surface area contributed by atoms with Gasteiger partial charge in [-0.1, -0.05) is 0 Å². The zero-order valence-electron chi connectivity index (χ0n) is 13.1. The molecule has 0 aromatic carbocycles. The van der Waals surface area contributed by atoms with E-state index in [0.29, 0.717) is 37.0 Å². The van der Waals surface area contributed by atoms with Crippen LogP contribution in [0, 0.1) is 17.8 Å². The Kier molecular flexibility index (Phi) is 5.85. The Morgan fingerprint density at radius 2 is 1.48 bits per heavy atom. The summed E-state index contributed by atoms with van der Waals surface area (Å²) >= 11 is 0. The van der Waals surface area contributed by atoms with Crippen molar-refractivity contribution in [2.45, 2.75) is 62.9 Å². The van der Waals surface area contributed by atoms with Crippen molar-refractivity contribution in [3.05, 3.63) is 0 Å². The Labute approximate surface area is 155 Å². The average Bonchev–Trinajstić information content (AvgIpc) is 2.33. The summed E-state index contributed by atoms with van der Waals surface area (Å²) in [6, 6.07) is 0. The van der Waals surface area contributed by atoms with E-state index in [1.54, 1.807) is 0 Å². The zero-order chi connectivity index (χ0) is 16.2. The Balaban J connectivity index is 0.00000192. The van der Waals surface area contributed by atoms with E-state index < -0.39 is 40.2 Å². The Hall–Kier alpha value is 0.630. The van der Waals surface area contributed by atoms with Gasteiger partial charge in [-0.05, 0) is 56.3 Å². The summed E-state index contributed by atoms with van der Waals surface area (Å²) < 4.78 is 79.3. The van der Waals surface area contributed by atoms with Crippen molar-refractivity contribution in [3.8, 4) is 0 Å². The topological polar surface area (TPSA) is 43.4 Å². The van der Waals surface area contributed by atoms with E-state index in [4.69, 9.17) is 4.18 Å². The van der Waals surface area contributed by atoms with Crippen LogP contribution in [0.4, 0.5) is 17.6 Å². The van der Waals surface area contributed by atoms with E-state index in [0.717, 1.165) is 19.3 Å². The smallest absolute Gasteiger partial charge is 0.263 e. The minimum Gasteiger partial charge on any atom is -0.263 e. The van der Waals surface area contributed by atoms with Crippen molar-refractivity contribution in [2.75, 3.05) is 5.75 Å². The molecule has 129 valence electrons. The molecule has 9 heteroatoms. The Morgan fingerprint density at radius 1 is 1.04 bits per heavy atom. The summed E-state index contributed by atoms with van der Waals surface area (Å²) in [5.74, 6) is -4.01. The van der Waals surface area contributed by atoms with Gasteiger partial charge in [0.05, 0.1) is 11.4 Å². The molecule has 0 heterocycles. The number of hydrogen-bond donors (Lipinski definition) is 0. The van der Waals surface area contributed by atoms with Crippen LogP contribution < -0.4 is 0 Å². The largest absolute Gasteiger partial charge is 0.308 e. The molecule has 0 aromatic heterocycles. The third kappa shape index (κ3) is 4.43. The van der Waals surface area contributed by atoms with Gasteiger partial charge < -0.3 is 0 Å². The molecule has 0 aliphatic heterocycles. The van der Waals surface area contributed by atoms with Crippen LogP contribution in [0.2, 0.25) is 0 Å². The van der Waals surface area contributed by atoms with Crippen LogP contribution in [-0.2, 0) is 14.3 Å². The first kappa shape index (κ1) is 19.9. The molecule has 0 spiro atoms. The molecule has 0 atom stereocenters. The van der Waals surface area contributed by atoms with E-state index in [9.17, 15) is 26.0 Å². The summed E-state index contributed by atoms with van der Waals surface area (Å²) in [6.45, 7) is 0. The molecule has 3 nitrogen and oxygen atoms in total. The predicted octanol–water partition coefficient (Wildman–Crippen LogP) is 3.21. The molecule has 1 radical (unpaired) electrons. The quantitative estimate of drug-likeness (QED) is 0.411. The molecule has 4 aliphatic rings. The van der Waals surface area contributed by atoms with E-state index in [2.05, 4.69) is 0 Å². The van der Waals surface area contributed by atoms with Crippen LogP contribution in [0.15, 0.2) is 0 Å². The fourth-order valence-electron chi connectivity index (χ4n) is 4.81. The SMILES string of the molecule is O=S(=O)(CCC(F)(F)C(F)F)OC12CC3CC(CC(C3)C1)C2.[Na]. The molecule has 4 aliphatic carbocycles. The molecule has 0 amide bonds. The van der Waals surface area contributed by atoms with Gasteiger partial charge in [-0.25, -0.2) is 17.6 Å². The maximum atomic E-state index is 12.9. The van der Waals surface area contributed by atoms with Gasteiger partial charge in [0.2, 0.25) is 0 Å². The molecular formula is C14H20F4NaO3S. The van der Waals surface area contributed by atoms with Crippen LogP contribution >= 0.6 is 0 Å². The van der Waals surface area contributed by atoms with E-state index in [-0.39, 0.29) is 29.6 Å². The van der Waals surface area contributed by atoms with Crippen molar-refractivity contribution < 1.29 is 30.2 Å². The minimum absolute atomic E-state index is 0. The second-order valence-corrected chi connectivity index (χ2v) is 8.95. The van der Waals surface area contributed by atoms with Crippen LogP contribution in [0.1, 0.15) is 44.9 Å². The van der Waals surface area contributed by atoms with E-state index in [1.807, 2.05) is 0 Å². The van der Waals surface area contributed by atoms with Gasteiger partial charge in [-0.3, -0.25) is 4.18 Å². The van der Waals surface area contributed by atoms with Gasteiger partial charge in [-0.15, -0.1) is 0 Å². The van der Waals surface area contributed by atoms with Crippen LogP contribution in [-0.4, -0.2) is 61.7 Å². The van der Waals surface area contributed by atoms with Crippen molar-refractivity contribution >= 4 is 39.7 Å². The van der Waals surface area contributed by atoms with Crippen molar-refractivity contribution in [3.63, 3.8) is 0 Å². The summed E-state index contributed by atoms with van der Waals surface area (Å²) in [7, 11) is -4.22. The zero-order valence-corrected chi connectivity index (χ0v) is 15.9. The number of halogens is 4. The van der Waals surface area contributed by atoms with Gasteiger partial charge in [0.25, 0.3) is 10.1 Å². The standard InChI is InChI=1S/C14H20F4O3S.Na/c15-12(16)14(17,18)1-2-22(19,20)21-13-6-9-3-10(7-13)5-11(4-9)8-13;/h9-12H,1-8H2;. The Morgan fingerprint density at radius 3 is 1.87 bits per heavy atom. The fraction of sp³-hybridized carbons (Fsp3) is 1.00. The Bertz CT molecular complexity index is 503. The molecule has 4 rings (SSSR count). The monoisotopic (exact) mass is 367 g/mol. The van der Waals surface area contributed by atoms with Crippen LogP contribution in [0.3, 0.4) is 0 Å². The normalized spacial score (nSPS) is 36.3. The number of hydrogen-bond acceptors (Lipinski definition) is 3. The predicted molar refractivity (Wildman–Crippen MR) is 77.1 cm³/mol. The van der Waals surface area contributed by atoms with Gasteiger partial charge in [0.1, 0.15) is 0 Å². The van der Waals surface area contributed by atoms with E-state index >= 15 is 0 Å². The van der Waals surface area contributed by atoms with Crippen LogP contribution in [0.25, 0.3) is 0 Å².